The maximum Gasteiger partial charge on any atom is 0.329 e. The highest BCUT2D eigenvalue weighted by molar-refractivity contribution is 7.91. The van der Waals surface area contributed by atoms with Crippen LogP contribution in [-0.2, 0) is 44.6 Å². The van der Waals surface area contributed by atoms with Gasteiger partial charge in [0.05, 0.1) is 11.9 Å². The molecule has 3 aromatic rings. The van der Waals surface area contributed by atoms with Gasteiger partial charge in [-0.2, -0.15) is 12.7 Å². The topological polar surface area (TPSA) is 104 Å². The van der Waals surface area contributed by atoms with Crippen molar-refractivity contribution in [2.75, 3.05) is 23.7 Å². The zero-order valence-electron chi connectivity index (χ0n) is 25.5. The second-order valence-electron chi connectivity index (χ2n) is 12.5. The van der Waals surface area contributed by atoms with E-state index < -0.39 is 34.2 Å². The number of fused-ring (bicyclic) bond motifs is 1. The van der Waals surface area contributed by atoms with Crippen LogP contribution in [0.4, 0.5) is 5.69 Å². The molecule has 0 saturated carbocycles. The predicted octanol–water partition coefficient (Wildman–Crippen LogP) is 4.90. The molecule has 0 bridgehead atoms. The van der Waals surface area contributed by atoms with Crippen LogP contribution in [0.5, 0.6) is 5.75 Å². The molecule has 9 nitrogen and oxygen atoms in total. The van der Waals surface area contributed by atoms with E-state index in [1.165, 1.54) is 10.6 Å². The third kappa shape index (κ3) is 7.25. The number of anilines is 1. The van der Waals surface area contributed by atoms with E-state index in [9.17, 15) is 21.6 Å². The van der Waals surface area contributed by atoms with Crippen LogP contribution in [0, 0.1) is 0 Å². The summed E-state index contributed by atoms with van der Waals surface area (Å²) < 4.78 is 62.4. The van der Waals surface area contributed by atoms with Gasteiger partial charge in [-0.25, -0.2) is 17.0 Å². The number of carbonyl (C=O) groups is 1. The molecule has 3 aromatic carbocycles. The molecule has 0 N–H and O–H groups in total. The lowest BCUT2D eigenvalue weighted by atomic mass is 9.95. The first-order chi connectivity index (χ1) is 20.7. The van der Waals surface area contributed by atoms with Gasteiger partial charge in [0, 0.05) is 27.2 Å². The second kappa shape index (κ2) is 12.5. The average molecular weight is 654 g/mol. The zero-order chi connectivity index (χ0) is 31.7. The Bertz CT molecular complexity index is 1770. The molecule has 1 atom stereocenters. The largest absolute Gasteiger partial charge is 0.487 e. The van der Waals surface area contributed by atoms with Crippen molar-refractivity contribution in [2.24, 2.45) is 0 Å². The van der Waals surface area contributed by atoms with Crippen molar-refractivity contribution in [3.05, 3.63) is 101 Å². The Kier molecular flexibility index (Phi) is 9.08. The van der Waals surface area contributed by atoms with Crippen LogP contribution in [0.1, 0.15) is 22.3 Å². The number of amides is 1. The first kappa shape index (κ1) is 32.0. The van der Waals surface area contributed by atoms with E-state index in [1.54, 1.807) is 18.2 Å². The van der Waals surface area contributed by atoms with Crippen molar-refractivity contribution in [2.45, 2.75) is 51.3 Å². The Morgan fingerprint density at radius 2 is 1.64 bits per heavy atom. The average Bonchev–Trinajstić information content (AvgIpc) is 3.19. The quantitative estimate of drug-likeness (QED) is 0.289. The molecule has 12 heteroatoms. The van der Waals surface area contributed by atoms with Crippen molar-refractivity contribution >= 4 is 46.0 Å². The van der Waals surface area contributed by atoms with Crippen LogP contribution in [0.25, 0.3) is 6.08 Å². The van der Waals surface area contributed by atoms with Gasteiger partial charge in [-0.1, -0.05) is 92.5 Å². The monoisotopic (exact) mass is 653 g/mol. The maximum atomic E-state index is 13.6. The van der Waals surface area contributed by atoms with Crippen LogP contribution in [-0.4, -0.2) is 64.8 Å². The summed E-state index contributed by atoms with van der Waals surface area (Å²) in [5.41, 5.74) is 3.99. The molecule has 2 aliphatic heterocycles. The molecule has 44 heavy (non-hydrogen) atoms. The Morgan fingerprint density at radius 3 is 2.32 bits per heavy atom. The van der Waals surface area contributed by atoms with Crippen molar-refractivity contribution < 1.29 is 26.4 Å². The van der Waals surface area contributed by atoms with Crippen LogP contribution in [0.3, 0.4) is 0 Å². The van der Waals surface area contributed by atoms with E-state index in [0.717, 1.165) is 25.3 Å². The molecule has 0 spiro atoms. The minimum absolute atomic E-state index is 0.162. The summed E-state index contributed by atoms with van der Waals surface area (Å²) in [5, 5.41) is 0. The van der Waals surface area contributed by atoms with E-state index in [-0.39, 0.29) is 31.4 Å². The van der Waals surface area contributed by atoms with Gasteiger partial charge < -0.3 is 4.74 Å². The first-order valence-electron chi connectivity index (χ1n) is 14.6. The lowest BCUT2D eigenvalue weighted by Gasteiger charge is -2.33. The summed E-state index contributed by atoms with van der Waals surface area (Å²) in [5.74, 6) is -0.145. The number of nitrogens with zero attached hydrogens (tertiary/aromatic N) is 3. The maximum absolute atomic E-state index is 13.6. The van der Waals surface area contributed by atoms with Gasteiger partial charge in [-0.15, -0.1) is 0 Å². The zero-order valence-corrected chi connectivity index (χ0v) is 28.1. The standard InChI is InChI=1S/C32H39N3O6S2Si/c1-42(37,38)34-22-28-13-9-8-12-27(28)21-29(34)16-14-25-15-17-30(31(20-25)41-24-26-10-6-5-7-11-26)35-23-32(36)33(43(35,39)40)18-19-44(2,3)4/h5-17,20,29H,18-19,21-24H2,1-4H3/b16-14+/t29-/m1/s1. The summed E-state index contributed by atoms with van der Waals surface area (Å²) in [6, 6.07) is 22.8. The molecule has 1 saturated heterocycles. The minimum Gasteiger partial charge on any atom is -0.487 e. The fourth-order valence-electron chi connectivity index (χ4n) is 5.38. The van der Waals surface area contributed by atoms with Gasteiger partial charge in [0.25, 0.3) is 5.91 Å². The van der Waals surface area contributed by atoms with E-state index >= 15 is 0 Å². The number of benzene rings is 3. The molecule has 234 valence electrons. The Balaban J connectivity index is 1.46. The van der Waals surface area contributed by atoms with E-state index in [4.69, 9.17) is 4.74 Å². The summed E-state index contributed by atoms with van der Waals surface area (Å²) >= 11 is 0. The van der Waals surface area contributed by atoms with E-state index in [1.807, 2.05) is 66.7 Å². The molecule has 0 aliphatic carbocycles. The lowest BCUT2D eigenvalue weighted by molar-refractivity contribution is -0.123. The third-order valence-corrected chi connectivity index (χ3v) is 12.7. The molecular formula is C32H39N3O6S2Si. The van der Waals surface area contributed by atoms with Crippen LogP contribution in [0.15, 0.2) is 78.9 Å². The van der Waals surface area contributed by atoms with Crippen LogP contribution >= 0.6 is 0 Å². The molecule has 1 fully saturated rings. The van der Waals surface area contributed by atoms with Crippen LogP contribution in [0.2, 0.25) is 25.7 Å². The third-order valence-electron chi connectivity index (χ3n) is 7.85. The second-order valence-corrected chi connectivity index (χ2v) is 21.8. The van der Waals surface area contributed by atoms with Gasteiger partial charge in [0.15, 0.2) is 0 Å². The highest BCUT2D eigenvalue weighted by atomic mass is 32.2. The number of ether oxygens (including phenoxy) is 1. The highest BCUT2D eigenvalue weighted by Gasteiger charge is 2.44. The number of sulfonamides is 1. The minimum atomic E-state index is -4.08. The predicted molar refractivity (Wildman–Crippen MR) is 177 cm³/mol. The lowest BCUT2D eigenvalue weighted by Crippen LogP contribution is -2.42. The van der Waals surface area contributed by atoms with Gasteiger partial charge in [0.2, 0.25) is 10.0 Å². The molecule has 0 radical (unpaired) electrons. The summed E-state index contributed by atoms with van der Waals surface area (Å²) in [6.45, 7) is 6.78. The van der Waals surface area contributed by atoms with Crippen molar-refractivity contribution in [1.82, 2.24) is 8.61 Å². The van der Waals surface area contributed by atoms with Gasteiger partial charge in [0.1, 0.15) is 18.9 Å². The number of hydrogen-bond donors (Lipinski definition) is 0. The number of carbonyl (C=O) groups excluding carboxylic acids is 1. The van der Waals surface area contributed by atoms with E-state index in [0.29, 0.717) is 30.3 Å². The Labute approximate surface area is 262 Å². The van der Waals surface area contributed by atoms with Gasteiger partial charge in [-0.05, 0) is 46.9 Å². The SMILES string of the molecule is C[Si](C)(C)CCN1C(=O)CN(c2ccc(/C=C/[C@@H]3Cc4ccccc4CN3S(C)(=O)=O)cc2OCc2ccccc2)S1(=O)=O. The van der Waals surface area contributed by atoms with Crippen molar-refractivity contribution in [3.8, 4) is 5.75 Å². The molecule has 1 amide bonds. The smallest absolute Gasteiger partial charge is 0.329 e. The molecule has 2 heterocycles. The van der Waals surface area contributed by atoms with Crippen molar-refractivity contribution in [1.29, 1.82) is 0 Å². The Hall–Kier alpha value is -3.45. The van der Waals surface area contributed by atoms with E-state index in [2.05, 4.69) is 19.6 Å². The fraction of sp³-hybridized carbons (Fsp3) is 0.344. The van der Waals surface area contributed by atoms with Crippen LogP contribution < -0.4 is 9.04 Å². The Morgan fingerprint density at radius 1 is 0.955 bits per heavy atom. The van der Waals surface area contributed by atoms with Crippen molar-refractivity contribution in [3.63, 3.8) is 0 Å². The van der Waals surface area contributed by atoms with Gasteiger partial charge >= 0.3 is 10.2 Å². The number of rotatable bonds is 10. The molecule has 0 aromatic heterocycles. The fourth-order valence-corrected chi connectivity index (χ4v) is 9.00. The summed E-state index contributed by atoms with van der Waals surface area (Å²) in [6.07, 6.45) is 5.45. The highest BCUT2D eigenvalue weighted by Crippen LogP contribution is 2.36. The first-order valence-corrected chi connectivity index (χ1v) is 21.5. The normalized spacial score (nSPS) is 19.0. The molecule has 5 rings (SSSR count). The molecule has 2 aliphatic rings. The van der Waals surface area contributed by atoms with Gasteiger partial charge in [-0.3, -0.25) is 4.79 Å². The molecular weight excluding hydrogens is 615 g/mol. The summed E-state index contributed by atoms with van der Waals surface area (Å²) in [4.78, 5) is 12.9. The molecule has 0 unspecified atom stereocenters. The summed E-state index contributed by atoms with van der Waals surface area (Å²) in [7, 11) is -9.16. The number of hydrogen-bond acceptors (Lipinski definition) is 6.